The molecule has 0 saturated carbocycles. The Balaban J connectivity index is -0.000000151. The van der Waals surface area contributed by atoms with Gasteiger partial charge in [0.05, 0.1) is 0 Å². The molecule has 0 aromatic rings. The Morgan fingerprint density at radius 1 is 1.20 bits per heavy atom. The van der Waals surface area contributed by atoms with Crippen LogP contribution in [0.25, 0.3) is 0 Å². The van der Waals surface area contributed by atoms with Crippen molar-refractivity contribution in [1.82, 2.24) is 0 Å². The van der Waals surface area contributed by atoms with Crippen molar-refractivity contribution in [3.8, 4) is 0 Å². The van der Waals surface area contributed by atoms with E-state index in [1.807, 2.05) is 12.6 Å². The smallest absolute Gasteiger partial charge is 0.331 e. The van der Waals surface area contributed by atoms with Crippen molar-refractivity contribution in [2.24, 2.45) is 0 Å². The Labute approximate surface area is 126 Å². The van der Waals surface area contributed by atoms with Crippen LogP contribution in [0.1, 0.15) is 6.42 Å². The molecule has 0 atom stereocenters. The first-order valence-corrected chi connectivity index (χ1v) is 5.93. The van der Waals surface area contributed by atoms with Gasteiger partial charge in [-0.3, -0.25) is 6.08 Å². The molecule has 0 aliphatic heterocycles. The molecule has 15 heavy (non-hydrogen) atoms. The predicted molar refractivity (Wildman–Crippen MR) is 67.9 cm³/mol. The van der Waals surface area contributed by atoms with Crippen LogP contribution in [-0.2, 0) is 30.6 Å². The van der Waals surface area contributed by atoms with Gasteiger partial charge >= 0.3 is 8.56 Å². The first-order valence-electron chi connectivity index (χ1n) is 3.61. The van der Waals surface area contributed by atoms with Crippen LogP contribution in [-0.4, -0.2) is 22.8 Å². The molecule has 0 amide bonds. The van der Waals surface area contributed by atoms with Crippen molar-refractivity contribution in [3.63, 3.8) is 0 Å². The number of allylic oxidation sites excluding steroid dienone is 4. The summed E-state index contributed by atoms with van der Waals surface area (Å²) in [7, 11) is 1.34. The van der Waals surface area contributed by atoms with Crippen LogP contribution in [0.4, 0.5) is 0 Å². The molecular weight excluding hydrogens is 310 g/mol. The molecule has 1 aliphatic carbocycles. The Hall–Kier alpha value is 1.20. The van der Waals surface area contributed by atoms with E-state index in [0.29, 0.717) is 0 Å². The summed E-state index contributed by atoms with van der Waals surface area (Å²) in [6.07, 6.45) is 8.22. The van der Waals surface area contributed by atoms with E-state index in [0.717, 1.165) is 11.6 Å². The van der Waals surface area contributed by atoms with Crippen molar-refractivity contribution < 1.29 is 30.6 Å². The third-order valence-corrected chi connectivity index (χ3v) is 4.84. The number of rotatable bonds is 3. The molecule has 0 saturated heterocycles. The van der Waals surface area contributed by atoms with Crippen molar-refractivity contribution in [2.75, 3.05) is 14.2 Å². The molecule has 90 valence electrons. The molecule has 0 unspecified atom stereocenters. The van der Waals surface area contributed by atoms with E-state index in [1.165, 1.54) is 0 Å². The maximum Gasteiger partial charge on any atom is 0.331 e. The van der Waals surface area contributed by atoms with Gasteiger partial charge in [-0.2, -0.15) is 11.3 Å². The van der Waals surface area contributed by atoms with Gasteiger partial charge in [-0.25, -0.2) is 6.08 Å². The quantitative estimate of drug-likeness (QED) is 0.586. The average Bonchev–Trinajstić information content (AvgIpc) is 2.55. The summed E-state index contributed by atoms with van der Waals surface area (Å²) in [6.45, 7) is 2.02. The standard InChI is InChI=1S/C8H13O2Si.3ClH.Ti/c1-9-11(3,10-2)8-6-4-5-7-8;;;;/h4,6H,5H2,1-3H3;3*1H;/q-1;;;;. The van der Waals surface area contributed by atoms with E-state index in [-0.39, 0.29) is 58.9 Å². The molecule has 0 heterocycles. The Bertz CT molecular complexity index is 208. The van der Waals surface area contributed by atoms with E-state index in [1.54, 1.807) is 14.2 Å². The molecule has 0 aromatic heterocycles. The van der Waals surface area contributed by atoms with Gasteiger partial charge in [0, 0.05) is 35.9 Å². The topological polar surface area (TPSA) is 18.5 Å². The summed E-state index contributed by atoms with van der Waals surface area (Å²) in [5, 5.41) is 1.11. The van der Waals surface area contributed by atoms with Gasteiger partial charge in [0.2, 0.25) is 0 Å². The largest absolute Gasteiger partial charge is 0.396 e. The van der Waals surface area contributed by atoms with Crippen LogP contribution in [0.5, 0.6) is 0 Å². The zero-order chi connectivity index (χ0) is 8.32. The Morgan fingerprint density at radius 3 is 1.93 bits per heavy atom. The van der Waals surface area contributed by atoms with Gasteiger partial charge < -0.3 is 8.85 Å². The molecular formula is C8H16Cl3O2SiTi-. The third-order valence-electron chi connectivity index (χ3n) is 1.96. The molecule has 0 fully saturated rings. The second-order valence-electron chi connectivity index (χ2n) is 2.55. The Morgan fingerprint density at radius 2 is 1.67 bits per heavy atom. The summed E-state index contributed by atoms with van der Waals surface area (Å²) >= 11 is 0. The summed E-state index contributed by atoms with van der Waals surface area (Å²) in [4.78, 5) is 0. The minimum Gasteiger partial charge on any atom is -0.396 e. The van der Waals surface area contributed by atoms with E-state index < -0.39 is 8.56 Å². The molecule has 0 bridgehead atoms. The maximum absolute atomic E-state index is 5.34. The van der Waals surface area contributed by atoms with Gasteiger partial charge in [0.15, 0.2) is 0 Å². The molecule has 0 spiro atoms. The SMILES string of the molecule is CO[Si](C)(OC)C1=[C-]CC=C1.Cl.Cl.Cl.[Ti]. The van der Waals surface area contributed by atoms with E-state index in [9.17, 15) is 0 Å². The minimum absolute atomic E-state index is 0. The third kappa shape index (κ3) is 6.49. The first kappa shape index (κ1) is 25.1. The normalized spacial score (nSPS) is 12.6. The second kappa shape index (κ2) is 11.7. The molecule has 0 radical (unpaired) electrons. The zero-order valence-electron chi connectivity index (χ0n) is 8.90. The van der Waals surface area contributed by atoms with Crippen LogP contribution in [0.2, 0.25) is 6.55 Å². The molecule has 2 nitrogen and oxygen atoms in total. The van der Waals surface area contributed by atoms with E-state index in [4.69, 9.17) is 8.85 Å². The van der Waals surface area contributed by atoms with Gasteiger partial charge in [-0.15, -0.1) is 43.6 Å². The molecule has 0 aromatic carbocycles. The van der Waals surface area contributed by atoms with Crippen LogP contribution in [0.15, 0.2) is 17.3 Å². The number of halogens is 3. The number of hydrogen-bond acceptors (Lipinski definition) is 2. The van der Waals surface area contributed by atoms with Crippen molar-refractivity contribution in [1.29, 1.82) is 0 Å². The molecule has 7 heteroatoms. The summed E-state index contributed by atoms with van der Waals surface area (Å²) < 4.78 is 10.7. The Kier molecular flexibility index (Phi) is 19.6. The molecule has 1 aliphatic rings. The van der Waals surface area contributed by atoms with Crippen LogP contribution in [0, 0.1) is 6.08 Å². The number of hydrogen-bond donors (Lipinski definition) is 0. The van der Waals surface area contributed by atoms with E-state index in [2.05, 4.69) is 12.2 Å². The summed E-state index contributed by atoms with van der Waals surface area (Å²) in [5.41, 5.74) is 0. The van der Waals surface area contributed by atoms with Crippen LogP contribution >= 0.6 is 37.2 Å². The summed E-state index contributed by atoms with van der Waals surface area (Å²) in [6, 6.07) is 0. The minimum atomic E-state index is -2.05. The van der Waals surface area contributed by atoms with Crippen LogP contribution < -0.4 is 0 Å². The van der Waals surface area contributed by atoms with Gasteiger partial charge in [0.1, 0.15) is 0 Å². The van der Waals surface area contributed by atoms with Crippen molar-refractivity contribution in [3.05, 3.63) is 23.4 Å². The first-order chi connectivity index (χ1) is 5.23. The van der Waals surface area contributed by atoms with Crippen LogP contribution in [0.3, 0.4) is 0 Å². The van der Waals surface area contributed by atoms with E-state index >= 15 is 0 Å². The molecule has 0 N–H and O–H groups in total. The fraction of sp³-hybridized carbons (Fsp3) is 0.500. The van der Waals surface area contributed by atoms with Gasteiger partial charge in [-0.05, 0) is 6.55 Å². The predicted octanol–water partition coefficient (Wildman–Crippen LogP) is 2.84. The maximum atomic E-state index is 5.34. The molecule has 1 rings (SSSR count). The van der Waals surface area contributed by atoms with Gasteiger partial charge in [0.25, 0.3) is 0 Å². The average molecular weight is 327 g/mol. The fourth-order valence-corrected chi connectivity index (χ4v) is 2.47. The van der Waals surface area contributed by atoms with Crippen molar-refractivity contribution in [2.45, 2.75) is 13.0 Å². The fourth-order valence-electron chi connectivity index (χ4n) is 1.02. The van der Waals surface area contributed by atoms with Crippen molar-refractivity contribution >= 4 is 45.8 Å². The second-order valence-corrected chi connectivity index (χ2v) is 5.80. The summed E-state index contributed by atoms with van der Waals surface area (Å²) in [5.74, 6) is 0. The zero-order valence-corrected chi connectivity index (χ0v) is 13.9. The monoisotopic (exact) mass is 325 g/mol. The van der Waals surface area contributed by atoms with Gasteiger partial charge in [-0.1, -0.05) is 0 Å².